The predicted molar refractivity (Wildman–Crippen MR) is 112 cm³/mol. The summed E-state index contributed by atoms with van der Waals surface area (Å²) in [6.07, 6.45) is 6.07. The molecule has 1 aromatic carbocycles. The number of nitrogens with one attached hydrogen (secondary N) is 1. The SMILES string of the molecule is CC(C)[C@H](C)NC(=O)[C@@H]1CS[C@@H](C2CCCCC2)N1C(=O)c1ccccc1. The Morgan fingerprint density at radius 3 is 2.37 bits per heavy atom. The van der Waals surface area contributed by atoms with Crippen molar-refractivity contribution in [3.05, 3.63) is 35.9 Å². The van der Waals surface area contributed by atoms with E-state index in [9.17, 15) is 9.59 Å². The number of benzene rings is 1. The Balaban J connectivity index is 1.83. The summed E-state index contributed by atoms with van der Waals surface area (Å²) in [6, 6.07) is 9.14. The Kier molecular flexibility index (Phi) is 6.85. The Bertz CT molecular complexity index is 643. The van der Waals surface area contributed by atoms with Gasteiger partial charge < -0.3 is 10.2 Å². The largest absolute Gasteiger partial charge is 0.352 e. The molecule has 0 radical (unpaired) electrons. The molecule has 0 spiro atoms. The van der Waals surface area contributed by atoms with Crippen LogP contribution in [0.2, 0.25) is 0 Å². The van der Waals surface area contributed by atoms with E-state index in [0.717, 1.165) is 12.8 Å². The molecule has 1 aliphatic carbocycles. The fourth-order valence-electron chi connectivity index (χ4n) is 3.99. The van der Waals surface area contributed by atoms with Crippen LogP contribution in [0.25, 0.3) is 0 Å². The Morgan fingerprint density at radius 1 is 1.07 bits per heavy atom. The van der Waals surface area contributed by atoms with Crippen molar-refractivity contribution in [3.8, 4) is 0 Å². The van der Waals surface area contributed by atoms with E-state index in [4.69, 9.17) is 0 Å². The van der Waals surface area contributed by atoms with E-state index in [1.165, 1.54) is 19.3 Å². The van der Waals surface area contributed by atoms with Gasteiger partial charge in [-0.15, -0.1) is 11.8 Å². The molecule has 0 unspecified atom stereocenters. The van der Waals surface area contributed by atoms with Gasteiger partial charge in [0.2, 0.25) is 5.91 Å². The number of carbonyl (C=O) groups excluding carboxylic acids is 2. The molecule has 3 atom stereocenters. The number of hydrogen-bond donors (Lipinski definition) is 1. The topological polar surface area (TPSA) is 49.4 Å². The molecule has 1 heterocycles. The second kappa shape index (κ2) is 9.13. The normalized spacial score (nSPS) is 24.8. The van der Waals surface area contributed by atoms with E-state index in [0.29, 0.717) is 23.2 Å². The summed E-state index contributed by atoms with van der Waals surface area (Å²) in [5, 5.41) is 3.25. The highest BCUT2D eigenvalue weighted by atomic mass is 32.2. The zero-order valence-corrected chi connectivity index (χ0v) is 17.5. The summed E-state index contributed by atoms with van der Waals surface area (Å²) < 4.78 is 0. The molecule has 4 nitrogen and oxygen atoms in total. The van der Waals surface area contributed by atoms with Gasteiger partial charge in [-0.1, -0.05) is 51.3 Å². The fraction of sp³-hybridized carbons (Fsp3) is 0.636. The number of hydrogen-bond acceptors (Lipinski definition) is 3. The summed E-state index contributed by atoms with van der Waals surface area (Å²) in [5.74, 6) is 1.54. The molecule has 1 aliphatic heterocycles. The van der Waals surface area contributed by atoms with Gasteiger partial charge in [0.05, 0.1) is 5.37 Å². The number of rotatable bonds is 5. The lowest BCUT2D eigenvalue weighted by molar-refractivity contribution is -0.126. The maximum absolute atomic E-state index is 13.4. The third-order valence-corrected chi connectivity index (χ3v) is 7.48. The predicted octanol–water partition coefficient (Wildman–Crippen LogP) is 4.31. The molecule has 148 valence electrons. The van der Waals surface area contributed by atoms with Crippen LogP contribution < -0.4 is 5.32 Å². The van der Waals surface area contributed by atoms with E-state index >= 15 is 0 Å². The van der Waals surface area contributed by atoms with Gasteiger partial charge in [0.15, 0.2) is 0 Å². The Labute approximate surface area is 167 Å². The van der Waals surface area contributed by atoms with Gasteiger partial charge in [-0.05, 0) is 43.7 Å². The van der Waals surface area contributed by atoms with E-state index in [1.807, 2.05) is 42.2 Å². The van der Waals surface area contributed by atoms with Crippen LogP contribution in [0.1, 0.15) is 63.2 Å². The van der Waals surface area contributed by atoms with Gasteiger partial charge in [0.1, 0.15) is 6.04 Å². The summed E-state index contributed by atoms with van der Waals surface area (Å²) in [5.41, 5.74) is 0.676. The molecule has 0 bridgehead atoms. The molecule has 1 saturated carbocycles. The third-order valence-electron chi connectivity index (χ3n) is 6.02. The van der Waals surface area contributed by atoms with Crippen molar-refractivity contribution in [3.63, 3.8) is 0 Å². The minimum atomic E-state index is -0.379. The molecule has 2 amide bonds. The quantitative estimate of drug-likeness (QED) is 0.818. The summed E-state index contributed by atoms with van der Waals surface area (Å²) in [6.45, 7) is 6.24. The summed E-state index contributed by atoms with van der Waals surface area (Å²) in [4.78, 5) is 28.3. The summed E-state index contributed by atoms with van der Waals surface area (Å²) in [7, 11) is 0. The smallest absolute Gasteiger partial charge is 0.255 e. The van der Waals surface area contributed by atoms with Gasteiger partial charge in [-0.3, -0.25) is 9.59 Å². The lowest BCUT2D eigenvalue weighted by atomic mass is 9.88. The van der Waals surface area contributed by atoms with Gasteiger partial charge in [-0.25, -0.2) is 0 Å². The van der Waals surface area contributed by atoms with Crippen LogP contribution in [0.4, 0.5) is 0 Å². The third kappa shape index (κ3) is 4.68. The van der Waals surface area contributed by atoms with Crippen LogP contribution in [0, 0.1) is 11.8 Å². The zero-order chi connectivity index (χ0) is 19.4. The van der Waals surface area contributed by atoms with Crippen molar-refractivity contribution in [2.75, 3.05) is 5.75 Å². The average molecular weight is 389 g/mol. The van der Waals surface area contributed by atoms with Crippen molar-refractivity contribution in [2.24, 2.45) is 11.8 Å². The lowest BCUT2D eigenvalue weighted by Gasteiger charge is -2.36. The van der Waals surface area contributed by atoms with Crippen molar-refractivity contribution in [1.82, 2.24) is 10.2 Å². The average Bonchev–Trinajstić information content (AvgIpc) is 3.13. The first-order valence-electron chi connectivity index (χ1n) is 10.3. The second-order valence-electron chi connectivity index (χ2n) is 8.26. The lowest BCUT2D eigenvalue weighted by Crippen LogP contribution is -2.53. The fourth-order valence-corrected chi connectivity index (χ4v) is 5.63. The Hall–Kier alpha value is -1.49. The number of thioether (sulfide) groups is 1. The van der Waals surface area contributed by atoms with Crippen LogP contribution in [0.15, 0.2) is 30.3 Å². The van der Waals surface area contributed by atoms with Crippen molar-refractivity contribution in [1.29, 1.82) is 0 Å². The van der Waals surface area contributed by atoms with E-state index in [1.54, 1.807) is 11.8 Å². The molecule has 1 N–H and O–H groups in total. The van der Waals surface area contributed by atoms with Gasteiger partial charge in [0, 0.05) is 17.4 Å². The standard InChI is InChI=1S/C22H32N2O2S/c1-15(2)16(3)23-20(25)19-14-27-22(18-12-8-5-9-13-18)24(19)21(26)17-10-6-4-7-11-17/h4,6-7,10-11,15-16,18-19,22H,5,8-9,12-14H2,1-3H3,(H,23,25)/t16-,19-,22-/m0/s1. The Morgan fingerprint density at radius 2 is 1.74 bits per heavy atom. The van der Waals surface area contributed by atoms with Gasteiger partial charge in [0.25, 0.3) is 5.91 Å². The molecule has 5 heteroatoms. The van der Waals surface area contributed by atoms with Crippen LogP contribution >= 0.6 is 11.8 Å². The van der Waals surface area contributed by atoms with E-state index in [2.05, 4.69) is 19.2 Å². The molecule has 1 saturated heterocycles. The maximum atomic E-state index is 13.4. The number of amides is 2. The zero-order valence-electron chi connectivity index (χ0n) is 16.7. The van der Waals surface area contributed by atoms with Gasteiger partial charge in [-0.2, -0.15) is 0 Å². The van der Waals surface area contributed by atoms with Crippen LogP contribution in [0.5, 0.6) is 0 Å². The van der Waals surface area contributed by atoms with Crippen LogP contribution in [0.3, 0.4) is 0 Å². The van der Waals surface area contributed by atoms with E-state index < -0.39 is 0 Å². The molecule has 1 aromatic rings. The minimum Gasteiger partial charge on any atom is -0.352 e. The van der Waals surface area contributed by atoms with Crippen molar-refractivity contribution < 1.29 is 9.59 Å². The second-order valence-corrected chi connectivity index (χ2v) is 9.41. The molecular weight excluding hydrogens is 356 g/mol. The molecule has 0 aromatic heterocycles. The van der Waals surface area contributed by atoms with Crippen LogP contribution in [-0.2, 0) is 4.79 Å². The van der Waals surface area contributed by atoms with Crippen LogP contribution in [-0.4, -0.2) is 39.9 Å². The monoisotopic (exact) mass is 388 g/mol. The number of nitrogens with zero attached hydrogens (tertiary/aromatic N) is 1. The minimum absolute atomic E-state index is 0.00600. The highest BCUT2D eigenvalue weighted by Gasteiger charge is 2.45. The van der Waals surface area contributed by atoms with Gasteiger partial charge >= 0.3 is 0 Å². The van der Waals surface area contributed by atoms with Crippen molar-refractivity contribution >= 4 is 23.6 Å². The van der Waals surface area contributed by atoms with Crippen molar-refractivity contribution in [2.45, 2.75) is 70.3 Å². The highest BCUT2D eigenvalue weighted by Crippen LogP contribution is 2.41. The molecule has 2 fully saturated rings. The molecule has 2 aliphatic rings. The first-order chi connectivity index (χ1) is 13.0. The number of carbonyl (C=O) groups is 2. The molecule has 3 rings (SSSR count). The first-order valence-corrected chi connectivity index (χ1v) is 11.3. The maximum Gasteiger partial charge on any atom is 0.255 e. The molecular formula is C22H32N2O2S. The van der Waals surface area contributed by atoms with E-state index in [-0.39, 0.29) is 29.3 Å². The molecule has 27 heavy (non-hydrogen) atoms. The first kappa shape index (κ1) is 20.2. The summed E-state index contributed by atoms with van der Waals surface area (Å²) >= 11 is 1.80. The highest BCUT2D eigenvalue weighted by molar-refractivity contribution is 8.00.